The second-order valence-electron chi connectivity index (χ2n) is 10.1. The smallest absolute Gasteiger partial charge is 0.239 e. The molecule has 1 saturated carbocycles. The summed E-state index contributed by atoms with van der Waals surface area (Å²) in [5.41, 5.74) is 3.63. The summed E-state index contributed by atoms with van der Waals surface area (Å²) in [6.07, 6.45) is 9.30. The van der Waals surface area contributed by atoms with Crippen molar-refractivity contribution in [2.24, 2.45) is 17.0 Å². The van der Waals surface area contributed by atoms with Gasteiger partial charge in [0.05, 0.1) is 4.90 Å². The third-order valence-electron chi connectivity index (χ3n) is 7.64. The van der Waals surface area contributed by atoms with Gasteiger partial charge in [-0.15, -0.1) is 5.10 Å². The molecular formula is C25H33N7O2S. The number of sulfonamides is 1. The normalized spacial score (nSPS) is 23.0. The number of nitrogens with two attached hydrogens (primary N) is 1. The minimum atomic E-state index is -4.05. The van der Waals surface area contributed by atoms with Gasteiger partial charge in [-0.3, -0.25) is 4.98 Å². The molecule has 0 spiro atoms. The topological polar surface area (TPSA) is 140 Å². The lowest BCUT2D eigenvalue weighted by Gasteiger charge is -2.26. The first-order chi connectivity index (χ1) is 16.9. The Labute approximate surface area is 206 Å². The van der Waals surface area contributed by atoms with Gasteiger partial charge < -0.3 is 5.32 Å². The molecule has 1 aliphatic carbocycles. The van der Waals surface area contributed by atoms with Crippen LogP contribution in [-0.2, 0) is 16.4 Å². The average molecular weight is 496 g/mol. The van der Waals surface area contributed by atoms with E-state index in [1.165, 1.54) is 25.7 Å². The zero-order chi connectivity index (χ0) is 24.4. The Kier molecular flexibility index (Phi) is 6.95. The Morgan fingerprint density at radius 2 is 1.91 bits per heavy atom. The number of H-pyrrole nitrogens is 1. The predicted octanol–water partition coefficient (Wildman–Crippen LogP) is 3.41. The van der Waals surface area contributed by atoms with Crippen LogP contribution in [0.4, 0.5) is 0 Å². The van der Waals surface area contributed by atoms with Gasteiger partial charge in [-0.1, -0.05) is 50.8 Å². The molecule has 2 fully saturated rings. The van der Waals surface area contributed by atoms with E-state index in [1.54, 1.807) is 6.20 Å². The van der Waals surface area contributed by atoms with Gasteiger partial charge in [0.15, 0.2) is 5.82 Å². The van der Waals surface area contributed by atoms with Gasteiger partial charge in [0.25, 0.3) is 0 Å². The Hall–Kier alpha value is -2.69. The number of tetrazole rings is 1. The number of hydrogen-bond acceptors (Lipinski definition) is 7. The molecule has 0 amide bonds. The van der Waals surface area contributed by atoms with Crippen LogP contribution in [0.2, 0.25) is 0 Å². The fourth-order valence-corrected chi connectivity index (χ4v) is 6.61. The number of nitrogens with one attached hydrogen (secondary N) is 2. The zero-order valence-corrected chi connectivity index (χ0v) is 20.9. The van der Waals surface area contributed by atoms with Crippen LogP contribution in [0.15, 0.2) is 35.4 Å². The number of aryl methyl sites for hydroxylation is 1. The molecule has 5 rings (SSSR count). The van der Waals surface area contributed by atoms with Crippen molar-refractivity contribution in [3.05, 3.63) is 41.7 Å². The second-order valence-corrected chi connectivity index (χ2v) is 11.6. The molecule has 2 aliphatic rings. The number of primary sulfonamides is 1. The van der Waals surface area contributed by atoms with Crippen molar-refractivity contribution >= 4 is 10.0 Å². The van der Waals surface area contributed by atoms with Gasteiger partial charge in [-0.2, -0.15) is 0 Å². The number of benzene rings is 1. The van der Waals surface area contributed by atoms with Crippen LogP contribution in [0.3, 0.4) is 0 Å². The molecule has 0 radical (unpaired) electrons. The summed E-state index contributed by atoms with van der Waals surface area (Å²) in [4.78, 5) is 4.79. The van der Waals surface area contributed by atoms with E-state index in [4.69, 9.17) is 10.1 Å². The highest BCUT2D eigenvalue weighted by molar-refractivity contribution is 7.89. The third kappa shape index (κ3) is 5.29. The Balaban J connectivity index is 1.54. The number of aromatic nitrogens is 5. The number of nitrogens with zero attached hydrogens (tertiary/aromatic N) is 4. The maximum absolute atomic E-state index is 12.9. The first kappa shape index (κ1) is 24.0. The van der Waals surface area contributed by atoms with E-state index in [2.05, 4.69) is 32.9 Å². The number of hydrogen-bond donors (Lipinski definition) is 3. The Bertz CT molecular complexity index is 1250. The summed E-state index contributed by atoms with van der Waals surface area (Å²) in [6.45, 7) is 4.22. The second kappa shape index (κ2) is 10.1. The molecule has 1 atom stereocenters. The van der Waals surface area contributed by atoms with Gasteiger partial charge >= 0.3 is 0 Å². The van der Waals surface area contributed by atoms with Crippen LogP contribution in [0.5, 0.6) is 0 Å². The molecule has 0 bridgehead atoms. The SMILES string of the molecule is C[C@H]1CC[C@H](CCc2ccc(-c3ccc(C4CCNC4)nc3)c(-c3nnn[nH]3)c2S(N)(=O)=O)CC1. The van der Waals surface area contributed by atoms with Crippen molar-refractivity contribution in [2.75, 3.05) is 13.1 Å². The largest absolute Gasteiger partial charge is 0.316 e. The van der Waals surface area contributed by atoms with Crippen LogP contribution in [0, 0.1) is 11.8 Å². The van der Waals surface area contributed by atoms with E-state index in [1.807, 2.05) is 24.3 Å². The van der Waals surface area contributed by atoms with E-state index >= 15 is 0 Å². The standard InChI is InChI=1S/C25H33N7O2S/c1-16-2-4-17(5-3-16)6-7-18-8-10-21(19-9-11-22(28-15-19)20-12-13-27-14-20)23(24(18)35(26,33)34)25-29-31-32-30-25/h8-11,15-17,20,27H,2-7,12-14H2,1H3,(H2,26,33,34)(H,29,30,31,32)/t16-,17-,20?. The van der Waals surface area contributed by atoms with Gasteiger partial charge in [0.2, 0.25) is 10.0 Å². The third-order valence-corrected chi connectivity index (χ3v) is 8.67. The molecule has 1 saturated heterocycles. The minimum Gasteiger partial charge on any atom is -0.316 e. The molecule has 4 N–H and O–H groups in total. The van der Waals surface area contributed by atoms with Crippen LogP contribution in [0.1, 0.15) is 62.6 Å². The van der Waals surface area contributed by atoms with Crippen molar-refractivity contribution in [1.29, 1.82) is 0 Å². The van der Waals surface area contributed by atoms with E-state index in [-0.39, 0.29) is 10.7 Å². The lowest BCUT2D eigenvalue weighted by molar-refractivity contribution is 0.277. The number of pyridine rings is 1. The monoisotopic (exact) mass is 495 g/mol. The quantitative estimate of drug-likeness (QED) is 0.456. The zero-order valence-electron chi connectivity index (χ0n) is 20.1. The molecule has 1 aromatic carbocycles. The van der Waals surface area contributed by atoms with Crippen molar-refractivity contribution < 1.29 is 8.42 Å². The van der Waals surface area contributed by atoms with Crippen molar-refractivity contribution in [3.8, 4) is 22.5 Å². The van der Waals surface area contributed by atoms with E-state index < -0.39 is 10.0 Å². The first-order valence-corrected chi connectivity index (χ1v) is 14.0. The van der Waals surface area contributed by atoms with Gasteiger partial charge in [-0.25, -0.2) is 18.7 Å². The lowest BCUT2D eigenvalue weighted by atomic mass is 9.80. The maximum atomic E-state index is 12.9. The Morgan fingerprint density at radius 3 is 2.54 bits per heavy atom. The number of rotatable bonds is 7. The molecule has 35 heavy (non-hydrogen) atoms. The molecule has 3 aromatic rings. The van der Waals surface area contributed by atoms with Crippen molar-refractivity contribution in [2.45, 2.75) is 62.7 Å². The fraction of sp³-hybridized carbons (Fsp3) is 0.520. The first-order valence-electron chi connectivity index (χ1n) is 12.5. The van der Waals surface area contributed by atoms with Crippen LogP contribution in [-0.4, -0.2) is 47.1 Å². The van der Waals surface area contributed by atoms with Crippen LogP contribution >= 0.6 is 0 Å². The van der Waals surface area contributed by atoms with E-state index in [0.29, 0.717) is 34.9 Å². The highest BCUT2D eigenvalue weighted by Crippen LogP contribution is 2.39. The lowest BCUT2D eigenvalue weighted by Crippen LogP contribution is -2.18. The molecule has 2 aromatic heterocycles. The van der Waals surface area contributed by atoms with Crippen LogP contribution < -0.4 is 10.5 Å². The highest BCUT2D eigenvalue weighted by atomic mass is 32.2. The maximum Gasteiger partial charge on any atom is 0.239 e. The number of aromatic amines is 1. The van der Waals surface area contributed by atoms with E-state index in [0.717, 1.165) is 43.1 Å². The van der Waals surface area contributed by atoms with Crippen LogP contribution in [0.25, 0.3) is 22.5 Å². The van der Waals surface area contributed by atoms with Crippen molar-refractivity contribution in [1.82, 2.24) is 30.9 Å². The van der Waals surface area contributed by atoms with Gasteiger partial charge in [0.1, 0.15) is 0 Å². The molecule has 1 aliphatic heterocycles. The molecule has 3 heterocycles. The molecule has 1 unspecified atom stereocenters. The van der Waals surface area contributed by atoms with Gasteiger partial charge in [0, 0.05) is 35.5 Å². The van der Waals surface area contributed by atoms with E-state index in [9.17, 15) is 8.42 Å². The van der Waals surface area contributed by atoms with Crippen molar-refractivity contribution in [3.63, 3.8) is 0 Å². The summed E-state index contributed by atoms with van der Waals surface area (Å²) in [6, 6.07) is 7.84. The summed E-state index contributed by atoms with van der Waals surface area (Å²) in [5, 5.41) is 23.4. The molecular weight excluding hydrogens is 462 g/mol. The molecule has 186 valence electrons. The summed E-state index contributed by atoms with van der Waals surface area (Å²) >= 11 is 0. The average Bonchev–Trinajstić information content (AvgIpc) is 3.57. The molecule has 10 heteroatoms. The fourth-order valence-electron chi connectivity index (χ4n) is 5.58. The highest BCUT2D eigenvalue weighted by Gasteiger charge is 2.27. The molecule has 9 nitrogen and oxygen atoms in total. The summed E-state index contributed by atoms with van der Waals surface area (Å²) < 4.78 is 25.9. The Morgan fingerprint density at radius 1 is 1.09 bits per heavy atom. The summed E-state index contributed by atoms with van der Waals surface area (Å²) in [7, 11) is -4.05. The minimum absolute atomic E-state index is 0.0989. The van der Waals surface area contributed by atoms with Gasteiger partial charge in [-0.05, 0) is 65.3 Å². The summed E-state index contributed by atoms with van der Waals surface area (Å²) in [5.74, 6) is 2.06. The predicted molar refractivity (Wildman–Crippen MR) is 134 cm³/mol.